The third-order valence-electron chi connectivity index (χ3n) is 4.50. The van der Waals surface area contributed by atoms with E-state index in [1.807, 2.05) is 0 Å². The Morgan fingerprint density at radius 2 is 1.50 bits per heavy atom. The Morgan fingerprint density at radius 1 is 0.906 bits per heavy atom. The summed E-state index contributed by atoms with van der Waals surface area (Å²) in [7, 11) is 0. The first-order valence-corrected chi connectivity index (χ1v) is 9.81. The summed E-state index contributed by atoms with van der Waals surface area (Å²) < 4.78 is 1.22. The summed E-state index contributed by atoms with van der Waals surface area (Å²) in [6, 6.07) is 12.7. The van der Waals surface area contributed by atoms with E-state index in [1.54, 1.807) is 12.1 Å². The van der Waals surface area contributed by atoms with Gasteiger partial charge in [0.2, 0.25) is 11.7 Å². The third-order valence-corrected chi connectivity index (χ3v) is 5.46. The van der Waals surface area contributed by atoms with Crippen molar-refractivity contribution < 1.29 is 14.6 Å². The lowest BCUT2D eigenvalue weighted by atomic mass is 10.0. The first-order chi connectivity index (χ1) is 15.4. The van der Waals surface area contributed by atoms with Crippen LogP contribution >= 0.6 is 11.3 Å². The van der Waals surface area contributed by atoms with Crippen LogP contribution in [0.5, 0.6) is 0 Å². The minimum atomic E-state index is -0.737. The molecular formula is C20H12N6O5S. The van der Waals surface area contributed by atoms with Crippen molar-refractivity contribution in [3.63, 3.8) is 0 Å². The quantitative estimate of drug-likeness (QED) is 0.268. The highest BCUT2D eigenvalue weighted by Gasteiger charge is 2.31. The molecule has 0 atom stereocenters. The molecule has 0 aliphatic heterocycles. The smallest absolute Gasteiger partial charge is 0.280 e. The maximum absolute atomic E-state index is 13.4. The molecule has 0 fully saturated rings. The molecule has 4 aromatic rings. The van der Waals surface area contributed by atoms with Crippen LogP contribution in [0.1, 0.15) is 15.2 Å². The summed E-state index contributed by atoms with van der Waals surface area (Å²) in [4.78, 5) is 43.3. The van der Waals surface area contributed by atoms with E-state index in [4.69, 9.17) is 5.41 Å². The van der Waals surface area contributed by atoms with E-state index in [2.05, 4.69) is 9.97 Å². The summed E-state index contributed by atoms with van der Waals surface area (Å²) in [5, 5.41) is 31.6. The van der Waals surface area contributed by atoms with Crippen LogP contribution in [-0.4, -0.2) is 30.2 Å². The number of aromatic nitrogens is 3. The number of carbonyl (C=O) groups excluding carboxylic acids is 1. The molecule has 12 heteroatoms. The lowest BCUT2D eigenvalue weighted by molar-refractivity contribution is -0.385. The summed E-state index contributed by atoms with van der Waals surface area (Å²) in [5.74, 6) is -0.706. The van der Waals surface area contributed by atoms with Crippen LogP contribution in [0, 0.1) is 25.6 Å². The largest absolute Gasteiger partial charge is 0.287 e. The van der Waals surface area contributed by atoms with E-state index in [1.165, 1.54) is 59.4 Å². The van der Waals surface area contributed by atoms with Gasteiger partial charge in [-0.1, -0.05) is 35.6 Å². The fraction of sp³-hybridized carbons (Fsp3) is 0. The molecule has 11 nitrogen and oxygen atoms in total. The van der Waals surface area contributed by atoms with Crippen LogP contribution in [0.3, 0.4) is 0 Å². The Hall–Kier alpha value is -4.58. The second kappa shape index (κ2) is 8.28. The van der Waals surface area contributed by atoms with Crippen molar-refractivity contribution in [3.05, 3.63) is 102 Å². The molecule has 0 radical (unpaired) electrons. The second-order valence-electron chi connectivity index (χ2n) is 6.35. The maximum Gasteiger partial charge on any atom is 0.280 e. The monoisotopic (exact) mass is 448 g/mol. The molecule has 4 rings (SSSR count). The van der Waals surface area contributed by atoms with Crippen molar-refractivity contribution in [2.45, 2.75) is 0 Å². The minimum Gasteiger partial charge on any atom is -0.287 e. The highest BCUT2D eigenvalue weighted by atomic mass is 32.1. The van der Waals surface area contributed by atoms with E-state index in [-0.39, 0.29) is 38.1 Å². The van der Waals surface area contributed by atoms with Gasteiger partial charge in [-0.3, -0.25) is 35.0 Å². The Kier molecular flexibility index (Phi) is 5.35. The van der Waals surface area contributed by atoms with Gasteiger partial charge in [0.1, 0.15) is 10.4 Å². The lowest BCUT2D eigenvalue weighted by Gasteiger charge is -2.10. The molecule has 0 aliphatic rings. The van der Waals surface area contributed by atoms with E-state index < -0.39 is 21.3 Å². The van der Waals surface area contributed by atoms with Crippen LogP contribution in [-0.2, 0) is 0 Å². The number of thiazole rings is 1. The number of ketones is 1. The fourth-order valence-corrected chi connectivity index (χ4v) is 4.13. The molecule has 32 heavy (non-hydrogen) atoms. The van der Waals surface area contributed by atoms with E-state index in [0.717, 1.165) is 11.3 Å². The van der Waals surface area contributed by atoms with Crippen LogP contribution < -0.4 is 4.80 Å². The van der Waals surface area contributed by atoms with Crippen LogP contribution in [0.15, 0.2) is 67.0 Å². The number of carbonyl (C=O) groups is 1. The Balaban J connectivity index is 2.07. The first kappa shape index (κ1) is 20.7. The van der Waals surface area contributed by atoms with Crippen molar-refractivity contribution >= 4 is 28.5 Å². The van der Waals surface area contributed by atoms with Gasteiger partial charge in [0.05, 0.1) is 21.1 Å². The third kappa shape index (κ3) is 3.54. The Morgan fingerprint density at radius 3 is 2.16 bits per heavy atom. The van der Waals surface area contributed by atoms with Gasteiger partial charge in [-0.05, 0) is 18.2 Å². The van der Waals surface area contributed by atoms with Gasteiger partial charge in [-0.15, -0.1) is 0 Å². The van der Waals surface area contributed by atoms with Crippen molar-refractivity contribution in [3.8, 4) is 17.2 Å². The average molecular weight is 448 g/mol. The van der Waals surface area contributed by atoms with Crippen LogP contribution in [0.4, 0.5) is 11.4 Å². The van der Waals surface area contributed by atoms with Crippen molar-refractivity contribution in [1.29, 1.82) is 5.41 Å². The fourth-order valence-electron chi connectivity index (χ4n) is 3.17. The Labute approximate surface area is 183 Å². The van der Waals surface area contributed by atoms with Gasteiger partial charge in [0.25, 0.3) is 11.4 Å². The molecule has 2 aromatic carbocycles. The molecule has 2 aromatic heterocycles. The number of nitro benzene ring substituents is 2. The molecule has 0 bridgehead atoms. The minimum absolute atomic E-state index is 0.0154. The summed E-state index contributed by atoms with van der Waals surface area (Å²) in [5.41, 5.74) is -0.831. The number of para-hydroxylation sites is 2. The number of nitrogens with one attached hydrogen (secondary N) is 1. The predicted molar refractivity (Wildman–Crippen MR) is 114 cm³/mol. The van der Waals surface area contributed by atoms with Crippen molar-refractivity contribution in [2.75, 3.05) is 0 Å². The molecule has 0 spiro atoms. The molecule has 2 heterocycles. The number of hydrogen-bond donors (Lipinski definition) is 1. The average Bonchev–Trinajstić information content (AvgIpc) is 3.15. The number of hydrogen-bond acceptors (Lipinski definition) is 9. The number of nitrogens with zero attached hydrogens (tertiary/aromatic N) is 5. The van der Waals surface area contributed by atoms with Gasteiger partial charge in [-0.25, -0.2) is 9.97 Å². The van der Waals surface area contributed by atoms with Crippen LogP contribution in [0.2, 0.25) is 0 Å². The number of benzene rings is 2. The molecule has 1 N–H and O–H groups in total. The zero-order chi connectivity index (χ0) is 22.8. The molecule has 0 unspecified atom stereocenters. The van der Waals surface area contributed by atoms with Gasteiger partial charge >= 0.3 is 0 Å². The van der Waals surface area contributed by atoms with E-state index >= 15 is 0 Å². The van der Waals surface area contributed by atoms with Crippen LogP contribution in [0.25, 0.3) is 17.2 Å². The molecule has 0 aliphatic carbocycles. The zero-order valence-corrected chi connectivity index (χ0v) is 16.9. The molecular weight excluding hydrogens is 436 g/mol. The molecule has 0 saturated heterocycles. The maximum atomic E-state index is 13.4. The van der Waals surface area contributed by atoms with Crippen molar-refractivity contribution in [1.82, 2.24) is 14.5 Å². The summed E-state index contributed by atoms with van der Waals surface area (Å²) in [6.07, 6.45) is 2.86. The van der Waals surface area contributed by atoms with Gasteiger partial charge in [0.15, 0.2) is 4.80 Å². The normalized spacial score (nSPS) is 10.6. The molecule has 0 amide bonds. The topological polar surface area (TPSA) is 158 Å². The van der Waals surface area contributed by atoms with E-state index in [0.29, 0.717) is 0 Å². The molecule has 158 valence electrons. The zero-order valence-electron chi connectivity index (χ0n) is 16.0. The summed E-state index contributed by atoms with van der Waals surface area (Å²) >= 11 is 0.729. The van der Waals surface area contributed by atoms with Gasteiger partial charge < -0.3 is 0 Å². The number of nitro groups is 2. The standard InChI is InChI=1S/C20H12N6O5S/c21-19-24(20-22-10-5-11-23-20)16(12-6-1-3-8-14(12)25(28)29)18(32-19)17(27)13-7-2-4-9-15(13)26(30)31/h1-11,21H. The van der Waals surface area contributed by atoms with Gasteiger partial charge in [0, 0.05) is 24.5 Å². The predicted octanol–water partition coefficient (Wildman–Crippen LogP) is 3.52. The SMILES string of the molecule is N=c1sc(C(=O)c2ccccc2[N+](=O)[O-])c(-c2ccccc2[N+](=O)[O-])n1-c1ncccn1. The molecule has 0 saturated carbocycles. The highest BCUT2D eigenvalue weighted by Crippen LogP contribution is 2.36. The van der Waals surface area contributed by atoms with Crippen molar-refractivity contribution in [2.24, 2.45) is 0 Å². The van der Waals surface area contributed by atoms with E-state index in [9.17, 15) is 25.0 Å². The lowest BCUT2D eigenvalue weighted by Crippen LogP contribution is -2.16. The Bertz CT molecular complexity index is 1430. The summed E-state index contributed by atoms with van der Waals surface area (Å²) in [6.45, 7) is 0. The van der Waals surface area contributed by atoms with Gasteiger partial charge in [-0.2, -0.15) is 0 Å². The first-order valence-electron chi connectivity index (χ1n) is 9.00. The highest BCUT2D eigenvalue weighted by molar-refractivity contribution is 7.12. The number of rotatable bonds is 6. The second-order valence-corrected chi connectivity index (χ2v) is 7.35.